The summed E-state index contributed by atoms with van der Waals surface area (Å²) < 4.78 is 2.43. The van der Waals surface area contributed by atoms with E-state index in [-0.39, 0.29) is 0 Å². The van der Waals surface area contributed by atoms with Crippen molar-refractivity contribution in [2.45, 2.75) is 61.7 Å². The van der Waals surface area contributed by atoms with E-state index in [0.717, 1.165) is 0 Å². The Bertz CT molecular complexity index is 329. The lowest BCUT2D eigenvalue weighted by atomic mass is 10.1. The Morgan fingerprint density at radius 1 is 0.833 bits per heavy atom. The lowest BCUT2D eigenvalue weighted by molar-refractivity contribution is 0.565. The fourth-order valence-corrected chi connectivity index (χ4v) is 4.46. The van der Waals surface area contributed by atoms with Crippen molar-refractivity contribution in [1.29, 1.82) is 0 Å². The van der Waals surface area contributed by atoms with Crippen molar-refractivity contribution in [2.24, 2.45) is 0 Å². The number of rotatable bonds is 8. The van der Waals surface area contributed by atoms with E-state index in [2.05, 4.69) is 34.9 Å². The van der Waals surface area contributed by atoms with Crippen molar-refractivity contribution < 1.29 is 0 Å². The molecule has 1 aliphatic rings. The maximum atomic E-state index is 2.43. The van der Waals surface area contributed by atoms with Crippen molar-refractivity contribution in [3.63, 3.8) is 0 Å². The van der Waals surface area contributed by atoms with Gasteiger partial charge in [-0.1, -0.05) is 57.6 Å². The van der Waals surface area contributed by atoms with Crippen LogP contribution in [0.5, 0.6) is 0 Å². The molecule has 0 aromatic heterocycles. The highest BCUT2D eigenvalue weighted by molar-refractivity contribution is 8.14. The van der Waals surface area contributed by atoms with Crippen LogP contribution in [-0.2, 0) is 0 Å². The second-order valence-corrected chi connectivity index (χ2v) is 7.16. The van der Waals surface area contributed by atoms with Gasteiger partial charge in [0.05, 0.1) is 0 Å². The van der Waals surface area contributed by atoms with Crippen LogP contribution in [0, 0.1) is 0 Å². The molecule has 0 unspecified atom stereocenters. The smallest absolute Gasteiger partial charge is 0.0388 e. The predicted octanol–water partition coefficient (Wildman–Crippen LogP) is 5.77. The first-order valence-electron chi connectivity index (χ1n) is 7.12. The minimum Gasteiger partial charge on any atom is -0.186 e. The van der Waals surface area contributed by atoms with Gasteiger partial charge < -0.3 is 0 Å². The van der Waals surface area contributed by atoms with Crippen LogP contribution < -0.4 is 0 Å². The number of hydrogen-bond acceptors (Lipinski definition) is 3. The van der Waals surface area contributed by atoms with E-state index < -0.39 is 0 Å². The van der Waals surface area contributed by atoms with Gasteiger partial charge >= 0.3 is 0 Å². The van der Waals surface area contributed by atoms with Crippen molar-refractivity contribution in [3.05, 3.63) is 24.3 Å². The van der Waals surface area contributed by atoms with Crippen molar-refractivity contribution >= 4 is 23.9 Å². The maximum Gasteiger partial charge on any atom is 0.0388 e. The average molecular weight is 281 g/mol. The van der Waals surface area contributed by atoms with Gasteiger partial charge in [-0.3, -0.25) is 0 Å². The Kier molecular flexibility index (Phi) is 6.46. The normalized spacial score (nSPS) is 14.9. The first kappa shape index (κ1) is 14.3. The molecule has 0 radical (unpaired) electrons. The summed E-state index contributed by atoms with van der Waals surface area (Å²) in [7, 11) is 0. The monoisotopic (exact) mass is 281 g/mol. The first-order valence-corrected chi connectivity index (χ1v) is 8.67. The lowest BCUT2D eigenvalue weighted by Gasteiger charge is -2.11. The molecule has 1 heterocycles. The molecular formula is C15H23NS2. The summed E-state index contributed by atoms with van der Waals surface area (Å²) in [5.41, 5.74) is 0. The van der Waals surface area contributed by atoms with E-state index in [0.29, 0.717) is 0 Å². The SMILES string of the molecule is CCCCCCCCCN1Sc2ccccc2S1. The number of benzene rings is 1. The van der Waals surface area contributed by atoms with Gasteiger partial charge in [0.1, 0.15) is 0 Å². The van der Waals surface area contributed by atoms with E-state index in [4.69, 9.17) is 0 Å². The van der Waals surface area contributed by atoms with Crippen LogP contribution in [0.4, 0.5) is 0 Å². The summed E-state index contributed by atoms with van der Waals surface area (Å²) >= 11 is 3.81. The third-order valence-corrected chi connectivity index (χ3v) is 5.65. The first-order chi connectivity index (χ1) is 8.90. The van der Waals surface area contributed by atoms with Crippen LogP contribution in [0.15, 0.2) is 34.1 Å². The van der Waals surface area contributed by atoms with Gasteiger partial charge in [0, 0.05) is 16.3 Å². The molecule has 0 N–H and O–H groups in total. The summed E-state index contributed by atoms with van der Waals surface area (Å²) in [6.07, 6.45) is 9.74. The molecule has 0 saturated heterocycles. The van der Waals surface area contributed by atoms with Gasteiger partial charge in [-0.05, 0) is 42.4 Å². The van der Waals surface area contributed by atoms with Gasteiger partial charge in [-0.15, -0.1) is 0 Å². The van der Waals surface area contributed by atoms with Crippen molar-refractivity contribution in [2.75, 3.05) is 6.54 Å². The van der Waals surface area contributed by atoms with E-state index >= 15 is 0 Å². The molecule has 3 heteroatoms. The standard InChI is InChI=1S/C15H23NS2/c1-2-3-4-5-6-7-10-13-16-17-14-11-8-9-12-15(14)18-16/h8-9,11-12H,2-7,10,13H2,1H3. The highest BCUT2D eigenvalue weighted by Gasteiger charge is 2.19. The van der Waals surface area contributed by atoms with E-state index in [9.17, 15) is 0 Å². The molecule has 18 heavy (non-hydrogen) atoms. The topological polar surface area (TPSA) is 3.24 Å². The minimum absolute atomic E-state index is 1.21. The Hall–Kier alpha value is -0.120. The van der Waals surface area contributed by atoms with Crippen LogP contribution >= 0.6 is 23.9 Å². The van der Waals surface area contributed by atoms with E-state index in [1.807, 2.05) is 23.9 Å². The largest absolute Gasteiger partial charge is 0.186 e. The van der Waals surface area contributed by atoms with Gasteiger partial charge in [-0.25, -0.2) is 0 Å². The molecular weight excluding hydrogens is 258 g/mol. The van der Waals surface area contributed by atoms with Gasteiger partial charge in [0.25, 0.3) is 0 Å². The van der Waals surface area contributed by atoms with E-state index in [1.54, 1.807) is 0 Å². The summed E-state index contributed by atoms with van der Waals surface area (Å²) in [5, 5.41) is 0. The van der Waals surface area contributed by atoms with Gasteiger partial charge in [-0.2, -0.15) is 3.71 Å². The fourth-order valence-electron chi connectivity index (χ4n) is 2.13. The Labute approximate surface area is 120 Å². The van der Waals surface area contributed by atoms with Gasteiger partial charge in [0.2, 0.25) is 0 Å². The average Bonchev–Trinajstić information content (AvgIpc) is 2.80. The van der Waals surface area contributed by atoms with Crippen LogP contribution in [-0.4, -0.2) is 10.3 Å². The zero-order valence-electron chi connectivity index (χ0n) is 11.2. The number of nitrogens with zero attached hydrogens (tertiary/aromatic N) is 1. The molecule has 2 rings (SSSR count). The second-order valence-electron chi connectivity index (χ2n) is 4.81. The molecule has 0 fully saturated rings. The number of hydrogen-bond donors (Lipinski definition) is 0. The molecule has 0 saturated carbocycles. The summed E-state index contributed by atoms with van der Waals surface area (Å²) in [4.78, 5) is 2.84. The molecule has 0 spiro atoms. The predicted molar refractivity (Wildman–Crippen MR) is 82.9 cm³/mol. The molecule has 100 valence electrons. The number of unbranched alkanes of at least 4 members (excludes halogenated alkanes) is 6. The third kappa shape index (κ3) is 4.52. The zero-order valence-corrected chi connectivity index (χ0v) is 12.9. The fraction of sp³-hybridized carbons (Fsp3) is 0.600. The molecule has 1 aromatic carbocycles. The zero-order chi connectivity index (χ0) is 12.6. The van der Waals surface area contributed by atoms with Crippen LogP contribution in [0.1, 0.15) is 51.9 Å². The highest BCUT2D eigenvalue weighted by Crippen LogP contribution is 2.46. The number of fused-ring (bicyclic) bond motifs is 1. The molecule has 1 aromatic rings. The highest BCUT2D eigenvalue weighted by atomic mass is 32.2. The lowest BCUT2D eigenvalue weighted by Crippen LogP contribution is -2.03. The van der Waals surface area contributed by atoms with E-state index in [1.165, 1.54) is 61.3 Å². The molecule has 1 nitrogen and oxygen atoms in total. The Morgan fingerprint density at radius 3 is 2.00 bits per heavy atom. The summed E-state index contributed by atoms with van der Waals surface area (Å²) in [6, 6.07) is 8.70. The quantitative estimate of drug-likeness (QED) is 0.440. The third-order valence-electron chi connectivity index (χ3n) is 3.19. The second kappa shape index (κ2) is 8.13. The van der Waals surface area contributed by atoms with Crippen LogP contribution in [0.3, 0.4) is 0 Å². The molecule has 0 atom stereocenters. The Balaban J connectivity index is 1.54. The molecule has 1 aliphatic heterocycles. The van der Waals surface area contributed by atoms with Crippen LogP contribution in [0.2, 0.25) is 0 Å². The summed E-state index contributed by atoms with van der Waals surface area (Å²) in [6.45, 7) is 3.48. The minimum atomic E-state index is 1.21. The maximum absolute atomic E-state index is 2.43. The van der Waals surface area contributed by atoms with Crippen LogP contribution in [0.25, 0.3) is 0 Å². The van der Waals surface area contributed by atoms with Crippen molar-refractivity contribution in [3.8, 4) is 0 Å². The summed E-state index contributed by atoms with van der Waals surface area (Å²) in [5.74, 6) is 0. The van der Waals surface area contributed by atoms with Gasteiger partial charge in [0.15, 0.2) is 0 Å². The van der Waals surface area contributed by atoms with Crippen molar-refractivity contribution in [1.82, 2.24) is 3.71 Å². The Morgan fingerprint density at radius 2 is 1.39 bits per heavy atom. The molecule has 0 bridgehead atoms. The molecule has 0 amide bonds. The molecule has 0 aliphatic carbocycles.